The highest BCUT2D eigenvalue weighted by Gasteiger charge is 2.08. The molecule has 1 aromatic heterocycles. The van der Waals surface area contributed by atoms with Gasteiger partial charge in [-0.2, -0.15) is 0 Å². The quantitative estimate of drug-likeness (QED) is 0.580. The van der Waals surface area contributed by atoms with Crippen LogP contribution in [0.3, 0.4) is 0 Å². The van der Waals surface area contributed by atoms with Crippen LogP contribution in [0.2, 0.25) is 0 Å². The first-order valence-electron chi connectivity index (χ1n) is 4.96. The Kier molecular flexibility index (Phi) is 5.41. The monoisotopic (exact) mass is 254 g/mol. The number of likely N-dealkylation sites (N-methyl/N-ethyl adjacent to an activating group) is 1. The van der Waals surface area contributed by atoms with E-state index in [0.29, 0.717) is 5.16 Å². The summed E-state index contributed by atoms with van der Waals surface area (Å²) in [6, 6.07) is 1.71. The van der Waals surface area contributed by atoms with Crippen LogP contribution in [0.15, 0.2) is 23.6 Å². The number of hydrogen-bond donors (Lipinski definition) is 1. The molecule has 6 nitrogen and oxygen atoms in total. The van der Waals surface area contributed by atoms with Gasteiger partial charge in [0.05, 0.1) is 12.3 Å². The summed E-state index contributed by atoms with van der Waals surface area (Å²) in [5, 5.41) is 3.07. The van der Waals surface area contributed by atoms with Gasteiger partial charge in [0.25, 0.3) is 0 Å². The molecule has 0 saturated heterocycles. The van der Waals surface area contributed by atoms with Crippen molar-refractivity contribution in [2.75, 3.05) is 26.4 Å². The fourth-order valence-electron chi connectivity index (χ4n) is 0.873. The van der Waals surface area contributed by atoms with Crippen molar-refractivity contribution in [1.82, 2.24) is 20.2 Å². The van der Waals surface area contributed by atoms with Crippen LogP contribution in [0.4, 0.5) is 0 Å². The molecule has 17 heavy (non-hydrogen) atoms. The molecule has 0 aliphatic heterocycles. The second kappa shape index (κ2) is 6.85. The Labute approximate surface area is 104 Å². The van der Waals surface area contributed by atoms with E-state index in [4.69, 9.17) is 0 Å². The number of nitrogens with zero attached hydrogens (tertiary/aromatic N) is 3. The molecule has 0 spiro atoms. The minimum absolute atomic E-state index is 0.0159. The van der Waals surface area contributed by atoms with Gasteiger partial charge in [0.15, 0.2) is 5.16 Å². The number of carbonyl (C=O) groups is 2. The Morgan fingerprint density at radius 2 is 2.00 bits per heavy atom. The minimum Gasteiger partial charge on any atom is -0.347 e. The van der Waals surface area contributed by atoms with Crippen molar-refractivity contribution < 1.29 is 9.59 Å². The van der Waals surface area contributed by atoms with E-state index in [0.717, 1.165) is 0 Å². The predicted molar refractivity (Wildman–Crippen MR) is 64.5 cm³/mol. The third-order valence-corrected chi connectivity index (χ3v) is 2.69. The van der Waals surface area contributed by atoms with Crippen LogP contribution in [0.1, 0.15) is 0 Å². The van der Waals surface area contributed by atoms with Crippen molar-refractivity contribution in [2.45, 2.75) is 5.16 Å². The Bertz CT molecular complexity index is 383. The fraction of sp³-hybridized carbons (Fsp3) is 0.400. The second-order valence-corrected chi connectivity index (χ2v) is 4.33. The van der Waals surface area contributed by atoms with E-state index in [1.165, 1.54) is 16.7 Å². The molecule has 92 valence electrons. The topological polar surface area (TPSA) is 75.2 Å². The first kappa shape index (κ1) is 13.4. The number of amides is 2. The zero-order chi connectivity index (χ0) is 12.7. The molecule has 0 saturated carbocycles. The van der Waals surface area contributed by atoms with Gasteiger partial charge in [-0.25, -0.2) is 9.97 Å². The first-order chi connectivity index (χ1) is 8.09. The van der Waals surface area contributed by atoms with Crippen LogP contribution in [0.25, 0.3) is 0 Å². The molecule has 1 heterocycles. The lowest BCUT2D eigenvalue weighted by Gasteiger charge is -2.10. The maximum absolute atomic E-state index is 11.4. The average molecular weight is 254 g/mol. The fourth-order valence-corrected chi connectivity index (χ4v) is 1.51. The Morgan fingerprint density at radius 3 is 2.59 bits per heavy atom. The first-order valence-corrected chi connectivity index (χ1v) is 5.95. The van der Waals surface area contributed by atoms with Crippen molar-refractivity contribution >= 4 is 23.6 Å². The lowest BCUT2D eigenvalue weighted by atomic mass is 10.5. The molecule has 0 aromatic carbocycles. The van der Waals surface area contributed by atoms with Crippen LogP contribution in [0, 0.1) is 0 Å². The highest BCUT2D eigenvalue weighted by atomic mass is 32.2. The molecule has 0 fully saturated rings. The summed E-state index contributed by atoms with van der Waals surface area (Å²) in [6.45, 7) is 0.0159. The largest absolute Gasteiger partial charge is 0.347 e. The normalized spacial score (nSPS) is 9.76. The number of aromatic nitrogens is 2. The van der Waals surface area contributed by atoms with E-state index in [1.807, 2.05) is 0 Å². The summed E-state index contributed by atoms with van der Waals surface area (Å²) in [7, 11) is 3.28. The summed E-state index contributed by atoms with van der Waals surface area (Å²) in [6.07, 6.45) is 3.23. The highest BCUT2D eigenvalue weighted by molar-refractivity contribution is 7.99. The van der Waals surface area contributed by atoms with Gasteiger partial charge in [-0.05, 0) is 6.07 Å². The van der Waals surface area contributed by atoms with Gasteiger partial charge in [-0.3, -0.25) is 9.59 Å². The molecular formula is C10H14N4O2S. The SMILES string of the molecule is CN(C)C(=O)CNC(=O)CSc1ncccn1. The van der Waals surface area contributed by atoms with Gasteiger partial charge in [0, 0.05) is 26.5 Å². The maximum atomic E-state index is 11.4. The molecule has 1 aromatic rings. The third kappa shape index (κ3) is 5.30. The zero-order valence-corrected chi connectivity index (χ0v) is 10.5. The smallest absolute Gasteiger partial charge is 0.241 e. The number of carbonyl (C=O) groups excluding carboxylic acids is 2. The van der Waals surface area contributed by atoms with Crippen molar-refractivity contribution in [1.29, 1.82) is 0 Å². The zero-order valence-electron chi connectivity index (χ0n) is 9.71. The molecule has 0 atom stereocenters. The van der Waals surface area contributed by atoms with Crippen LogP contribution in [-0.4, -0.2) is 53.1 Å². The third-order valence-electron chi connectivity index (χ3n) is 1.81. The van der Waals surface area contributed by atoms with Crippen LogP contribution >= 0.6 is 11.8 Å². The van der Waals surface area contributed by atoms with Gasteiger partial charge in [0.1, 0.15) is 0 Å². The van der Waals surface area contributed by atoms with Gasteiger partial charge in [-0.15, -0.1) is 0 Å². The standard InChI is InChI=1S/C10H14N4O2S/c1-14(2)9(16)6-13-8(15)7-17-10-11-4-3-5-12-10/h3-5H,6-7H2,1-2H3,(H,13,15). The van der Waals surface area contributed by atoms with Crippen LogP contribution < -0.4 is 5.32 Å². The van der Waals surface area contributed by atoms with Crippen molar-refractivity contribution in [3.63, 3.8) is 0 Å². The highest BCUT2D eigenvalue weighted by Crippen LogP contribution is 2.09. The summed E-state index contributed by atoms with van der Waals surface area (Å²) in [4.78, 5) is 32.0. The Morgan fingerprint density at radius 1 is 1.35 bits per heavy atom. The van der Waals surface area contributed by atoms with E-state index in [2.05, 4.69) is 15.3 Å². The molecule has 7 heteroatoms. The molecule has 0 bridgehead atoms. The second-order valence-electron chi connectivity index (χ2n) is 3.38. The number of nitrogens with one attached hydrogen (secondary N) is 1. The lowest BCUT2D eigenvalue weighted by Crippen LogP contribution is -2.37. The van der Waals surface area contributed by atoms with Gasteiger partial charge in [-0.1, -0.05) is 11.8 Å². The molecule has 1 N–H and O–H groups in total. The molecule has 0 unspecified atom stereocenters. The van der Waals surface area contributed by atoms with Gasteiger partial charge in [0.2, 0.25) is 11.8 Å². The van der Waals surface area contributed by atoms with Gasteiger partial charge < -0.3 is 10.2 Å². The molecule has 1 rings (SSSR count). The van der Waals surface area contributed by atoms with Crippen molar-refractivity contribution in [3.8, 4) is 0 Å². The molecule has 0 aliphatic rings. The number of thioether (sulfide) groups is 1. The molecular weight excluding hydrogens is 240 g/mol. The Hall–Kier alpha value is -1.63. The summed E-state index contributed by atoms with van der Waals surface area (Å²) < 4.78 is 0. The van der Waals surface area contributed by atoms with E-state index in [1.54, 1.807) is 32.6 Å². The van der Waals surface area contributed by atoms with Crippen LogP contribution in [-0.2, 0) is 9.59 Å². The van der Waals surface area contributed by atoms with E-state index >= 15 is 0 Å². The van der Waals surface area contributed by atoms with E-state index in [-0.39, 0.29) is 24.1 Å². The summed E-state index contributed by atoms with van der Waals surface area (Å²) in [5.41, 5.74) is 0. The van der Waals surface area contributed by atoms with Crippen LogP contribution in [0.5, 0.6) is 0 Å². The summed E-state index contributed by atoms with van der Waals surface area (Å²) in [5.74, 6) is -0.151. The van der Waals surface area contributed by atoms with Crippen molar-refractivity contribution in [2.24, 2.45) is 0 Å². The predicted octanol–water partition coefficient (Wildman–Crippen LogP) is -0.227. The molecule has 2 amide bonds. The summed E-state index contributed by atoms with van der Waals surface area (Å²) >= 11 is 1.23. The molecule has 0 aliphatic carbocycles. The minimum atomic E-state index is -0.211. The van der Waals surface area contributed by atoms with Gasteiger partial charge >= 0.3 is 0 Å². The maximum Gasteiger partial charge on any atom is 0.241 e. The van der Waals surface area contributed by atoms with Crippen molar-refractivity contribution in [3.05, 3.63) is 18.5 Å². The van der Waals surface area contributed by atoms with E-state index < -0.39 is 0 Å². The average Bonchev–Trinajstić information content (AvgIpc) is 2.34. The Balaban J connectivity index is 2.24. The number of rotatable bonds is 5. The number of hydrogen-bond acceptors (Lipinski definition) is 5. The van der Waals surface area contributed by atoms with E-state index in [9.17, 15) is 9.59 Å². The molecule has 0 radical (unpaired) electrons. The lowest BCUT2D eigenvalue weighted by molar-refractivity contribution is -0.130.